The van der Waals surface area contributed by atoms with Gasteiger partial charge in [-0.2, -0.15) is 0 Å². The number of nitrogens with zero attached hydrogens (tertiary/aromatic N) is 1. The maximum absolute atomic E-state index is 12.9. The Hall–Kier alpha value is -3.22. The number of likely N-dealkylation sites (tertiary alicyclic amines) is 1. The van der Waals surface area contributed by atoms with E-state index in [4.69, 9.17) is 9.47 Å². The van der Waals surface area contributed by atoms with Gasteiger partial charge in [-0.15, -0.1) is 0 Å². The van der Waals surface area contributed by atoms with Crippen LogP contribution >= 0.6 is 0 Å². The number of para-hydroxylation sites is 1. The highest BCUT2D eigenvalue weighted by Gasteiger charge is 2.55. The predicted molar refractivity (Wildman–Crippen MR) is 133 cm³/mol. The van der Waals surface area contributed by atoms with Crippen LogP contribution in [0, 0.1) is 17.8 Å². The van der Waals surface area contributed by atoms with Gasteiger partial charge in [-0.1, -0.05) is 48.5 Å². The first-order valence-electron chi connectivity index (χ1n) is 12.2. The summed E-state index contributed by atoms with van der Waals surface area (Å²) in [4.78, 5) is 26.9. The van der Waals surface area contributed by atoms with Gasteiger partial charge in [-0.05, 0) is 53.7 Å². The largest absolute Gasteiger partial charge is 0.507 e. The van der Waals surface area contributed by atoms with Crippen molar-refractivity contribution >= 4 is 23.5 Å². The van der Waals surface area contributed by atoms with Crippen molar-refractivity contribution < 1.29 is 24.2 Å². The Morgan fingerprint density at radius 3 is 2.57 bits per heavy atom. The molecule has 0 spiro atoms. The number of carbonyl (C=O) groups is 2. The van der Waals surface area contributed by atoms with Gasteiger partial charge in [0.25, 0.3) is 0 Å². The molecular weight excluding hydrogens is 442 g/mol. The number of hydrogen-bond donors (Lipinski definition) is 1. The molecule has 2 aliphatic heterocycles. The Kier molecular flexibility index (Phi) is 6.58. The molecule has 0 radical (unpaired) electrons. The van der Waals surface area contributed by atoms with Gasteiger partial charge in [0.15, 0.2) is 0 Å². The van der Waals surface area contributed by atoms with Crippen LogP contribution in [0.3, 0.4) is 0 Å². The zero-order valence-corrected chi connectivity index (χ0v) is 20.1. The predicted octanol–water partition coefficient (Wildman–Crippen LogP) is 4.31. The van der Waals surface area contributed by atoms with Crippen LogP contribution in [0.15, 0.2) is 65.7 Å². The number of amides is 2. The van der Waals surface area contributed by atoms with Gasteiger partial charge in [-0.3, -0.25) is 14.5 Å². The van der Waals surface area contributed by atoms with Crippen molar-refractivity contribution in [1.82, 2.24) is 4.90 Å². The fourth-order valence-corrected chi connectivity index (χ4v) is 5.97. The van der Waals surface area contributed by atoms with Crippen LogP contribution in [-0.4, -0.2) is 55.3 Å². The van der Waals surface area contributed by atoms with Crippen LogP contribution in [0.2, 0.25) is 0 Å². The molecule has 2 amide bonds. The molecule has 2 aromatic rings. The smallest absolute Gasteiger partial charge is 0.233 e. The Morgan fingerprint density at radius 1 is 1.09 bits per heavy atom. The molecule has 0 saturated carbocycles. The van der Waals surface area contributed by atoms with Gasteiger partial charge in [-0.25, -0.2) is 0 Å². The molecule has 182 valence electrons. The number of carbonyl (C=O) groups excluding carboxylic acids is 2. The van der Waals surface area contributed by atoms with Crippen molar-refractivity contribution in [3.8, 4) is 5.75 Å². The molecule has 1 N–H and O–H groups in total. The number of imide groups is 1. The number of hydrogen-bond acceptors (Lipinski definition) is 5. The summed E-state index contributed by atoms with van der Waals surface area (Å²) in [5.74, 6) is -0.656. The molecule has 5 rings (SSSR count). The van der Waals surface area contributed by atoms with E-state index in [1.165, 1.54) is 4.90 Å². The van der Waals surface area contributed by atoms with Gasteiger partial charge < -0.3 is 14.6 Å². The van der Waals surface area contributed by atoms with E-state index in [0.29, 0.717) is 19.6 Å². The van der Waals surface area contributed by atoms with Crippen LogP contribution in [0.5, 0.6) is 5.75 Å². The lowest BCUT2D eigenvalue weighted by Crippen LogP contribution is -2.34. The summed E-state index contributed by atoms with van der Waals surface area (Å²) < 4.78 is 11.8. The summed E-state index contributed by atoms with van der Waals surface area (Å²) in [7, 11) is 3.25. The maximum atomic E-state index is 12.9. The molecule has 0 bridgehead atoms. The SMILES string of the molecule is COCC1=C2[C@@H](CC/C(=C/c3ccccc3O)c3ccccc3)OC[C@@H]2[C@@H]2C(=O)N(C)C(=O)[C@@H]2C1. The fraction of sp³-hybridized carbons (Fsp3) is 0.379. The summed E-state index contributed by atoms with van der Waals surface area (Å²) in [5, 5.41) is 10.3. The van der Waals surface area contributed by atoms with Gasteiger partial charge in [0.2, 0.25) is 11.8 Å². The van der Waals surface area contributed by atoms with Crippen molar-refractivity contribution in [3.63, 3.8) is 0 Å². The lowest BCUT2D eigenvalue weighted by atomic mass is 9.69. The molecule has 6 heteroatoms. The molecule has 1 aliphatic carbocycles. The van der Waals surface area contributed by atoms with E-state index >= 15 is 0 Å². The lowest BCUT2D eigenvalue weighted by Gasteiger charge is -2.31. The standard InChI is InChI=1S/C29H31NO5/c1-30-28(32)22-15-21(16-34-2)26-23(27(22)29(30)33)17-35-25(26)13-12-19(18-8-4-3-5-9-18)14-20-10-6-7-11-24(20)31/h3-11,14,22-23,25,27,31H,12-13,15-17H2,1-2H3/b19-14-/t22-,23+,25-,27-/m1/s1. The van der Waals surface area contributed by atoms with Crippen molar-refractivity contribution in [2.24, 2.45) is 17.8 Å². The minimum atomic E-state index is -0.335. The average molecular weight is 474 g/mol. The van der Waals surface area contributed by atoms with Crippen LogP contribution in [0.25, 0.3) is 11.6 Å². The van der Waals surface area contributed by atoms with Gasteiger partial charge in [0, 0.05) is 25.6 Å². The van der Waals surface area contributed by atoms with E-state index in [0.717, 1.165) is 40.7 Å². The maximum Gasteiger partial charge on any atom is 0.233 e. The first kappa shape index (κ1) is 23.5. The highest BCUT2D eigenvalue weighted by atomic mass is 16.5. The van der Waals surface area contributed by atoms with Crippen molar-refractivity contribution in [1.29, 1.82) is 0 Å². The Balaban J connectivity index is 1.44. The molecular formula is C29H31NO5. The van der Waals surface area contributed by atoms with E-state index in [9.17, 15) is 14.7 Å². The molecule has 6 nitrogen and oxygen atoms in total. The highest BCUT2D eigenvalue weighted by molar-refractivity contribution is 6.05. The molecule has 35 heavy (non-hydrogen) atoms. The summed E-state index contributed by atoms with van der Waals surface area (Å²) in [6.45, 7) is 0.893. The number of methoxy groups -OCH3 is 1. The van der Waals surface area contributed by atoms with Crippen LogP contribution in [-0.2, 0) is 19.1 Å². The monoisotopic (exact) mass is 473 g/mol. The van der Waals surface area contributed by atoms with Gasteiger partial charge in [0.1, 0.15) is 5.75 Å². The normalized spacial score (nSPS) is 26.3. The number of benzene rings is 2. The van der Waals surface area contributed by atoms with E-state index < -0.39 is 0 Å². The molecule has 0 aromatic heterocycles. The number of fused-ring (bicyclic) bond motifs is 3. The second kappa shape index (κ2) is 9.80. The van der Waals surface area contributed by atoms with E-state index in [-0.39, 0.29) is 41.4 Å². The lowest BCUT2D eigenvalue weighted by molar-refractivity contribution is -0.138. The summed E-state index contributed by atoms with van der Waals surface area (Å²) in [6.07, 6.45) is 3.94. The molecule has 2 aromatic carbocycles. The topological polar surface area (TPSA) is 76.1 Å². The van der Waals surface area contributed by atoms with Gasteiger partial charge >= 0.3 is 0 Å². The Labute approximate surface area is 205 Å². The Bertz CT molecular complexity index is 1180. The van der Waals surface area contributed by atoms with E-state index in [2.05, 4.69) is 12.1 Å². The Morgan fingerprint density at radius 2 is 1.83 bits per heavy atom. The number of aromatic hydroxyl groups is 1. The quantitative estimate of drug-likeness (QED) is 0.369. The van der Waals surface area contributed by atoms with Crippen molar-refractivity contribution in [3.05, 3.63) is 76.9 Å². The van der Waals surface area contributed by atoms with E-state index in [1.807, 2.05) is 42.5 Å². The average Bonchev–Trinajstić information content (AvgIpc) is 3.39. The fourth-order valence-electron chi connectivity index (χ4n) is 5.97. The third-order valence-electron chi connectivity index (χ3n) is 7.63. The minimum absolute atomic E-state index is 0.0763. The third-order valence-corrected chi connectivity index (χ3v) is 7.63. The van der Waals surface area contributed by atoms with Crippen LogP contribution in [0.4, 0.5) is 0 Å². The molecule has 2 fully saturated rings. The molecule has 2 heterocycles. The van der Waals surface area contributed by atoms with Crippen LogP contribution in [0.1, 0.15) is 30.4 Å². The van der Waals surface area contributed by atoms with Crippen molar-refractivity contribution in [2.45, 2.75) is 25.4 Å². The number of rotatable bonds is 7. The second-order valence-electron chi connectivity index (χ2n) is 9.63. The summed E-state index contributed by atoms with van der Waals surface area (Å²) in [5.41, 5.74) is 5.23. The molecule has 3 aliphatic rings. The summed E-state index contributed by atoms with van der Waals surface area (Å²) >= 11 is 0. The zero-order valence-electron chi connectivity index (χ0n) is 20.1. The second-order valence-corrected chi connectivity index (χ2v) is 9.63. The third kappa shape index (κ3) is 4.32. The molecule has 0 unspecified atom stereocenters. The summed E-state index contributed by atoms with van der Waals surface area (Å²) in [6, 6.07) is 17.5. The zero-order chi connectivity index (χ0) is 24.5. The number of allylic oxidation sites excluding steroid dienone is 1. The highest BCUT2D eigenvalue weighted by Crippen LogP contribution is 2.49. The molecule has 2 saturated heterocycles. The molecule has 4 atom stereocenters. The number of ether oxygens (including phenoxy) is 2. The first-order valence-corrected chi connectivity index (χ1v) is 12.2. The minimum Gasteiger partial charge on any atom is -0.507 e. The van der Waals surface area contributed by atoms with Crippen molar-refractivity contribution in [2.75, 3.05) is 27.4 Å². The van der Waals surface area contributed by atoms with Gasteiger partial charge in [0.05, 0.1) is 31.2 Å². The number of phenolic OH excluding ortho intramolecular Hbond substituents is 1. The first-order chi connectivity index (χ1) is 17.0. The number of phenols is 1. The van der Waals surface area contributed by atoms with Crippen LogP contribution < -0.4 is 0 Å². The van der Waals surface area contributed by atoms with E-state index in [1.54, 1.807) is 20.2 Å².